The van der Waals surface area contributed by atoms with Gasteiger partial charge in [0, 0.05) is 6.07 Å². The third-order valence-electron chi connectivity index (χ3n) is 2.47. The number of hydrogen-bond donors (Lipinski definition) is 3. The number of aromatic amines is 2. The number of anilines is 1. The minimum atomic E-state index is -0.689. The summed E-state index contributed by atoms with van der Waals surface area (Å²) in [6.07, 6.45) is 0. The number of benzene rings is 1. The number of nitrogens with zero attached hydrogens (tertiary/aromatic N) is 4. The van der Waals surface area contributed by atoms with Crippen LogP contribution in [0.2, 0.25) is 0 Å². The van der Waals surface area contributed by atoms with Crippen molar-refractivity contribution < 1.29 is 9.18 Å². The van der Waals surface area contributed by atoms with Crippen molar-refractivity contribution in [1.29, 1.82) is 0 Å². The van der Waals surface area contributed by atoms with Crippen LogP contribution in [0.3, 0.4) is 0 Å². The maximum atomic E-state index is 13.8. The number of halogens is 1. The van der Waals surface area contributed by atoms with Gasteiger partial charge in [-0.05, 0) is 13.0 Å². The summed E-state index contributed by atoms with van der Waals surface area (Å²) in [6.45, 7) is 1.69. The Hall–Kier alpha value is -2.84. The largest absolute Gasteiger partial charge is 0.289 e. The lowest BCUT2D eigenvalue weighted by molar-refractivity contribution is 0.102. The van der Waals surface area contributed by atoms with Crippen molar-refractivity contribution in [2.45, 2.75) is 6.92 Å². The molecule has 96 valence electrons. The molecule has 0 aliphatic carbocycles. The summed E-state index contributed by atoms with van der Waals surface area (Å²) in [5.41, 5.74) is 0.601. The molecule has 0 aliphatic heterocycles. The van der Waals surface area contributed by atoms with Gasteiger partial charge < -0.3 is 0 Å². The van der Waals surface area contributed by atoms with Crippen LogP contribution in [0.1, 0.15) is 16.2 Å². The Morgan fingerprint density at radius 3 is 2.68 bits per heavy atom. The molecule has 1 aromatic carbocycles. The highest BCUT2D eigenvalue weighted by molar-refractivity contribution is 6.05. The van der Waals surface area contributed by atoms with Crippen molar-refractivity contribution in [2.24, 2.45) is 0 Å². The Kier molecular flexibility index (Phi) is 2.44. The Labute approximate surface area is 105 Å². The smallest absolute Gasteiger partial charge is 0.261 e. The van der Waals surface area contributed by atoms with Gasteiger partial charge in [-0.25, -0.2) is 4.39 Å². The highest BCUT2D eigenvalue weighted by atomic mass is 19.1. The van der Waals surface area contributed by atoms with Crippen LogP contribution >= 0.6 is 0 Å². The van der Waals surface area contributed by atoms with E-state index in [0.29, 0.717) is 16.9 Å². The Morgan fingerprint density at radius 2 is 2.00 bits per heavy atom. The number of nitrogens with one attached hydrogen (secondary N) is 3. The third-order valence-corrected chi connectivity index (χ3v) is 2.47. The summed E-state index contributed by atoms with van der Waals surface area (Å²) < 4.78 is 13.8. The maximum Gasteiger partial charge on any atom is 0.261 e. The minimum absolute atomic E-state index is 0.0853. The number of aromatic nitrogens is 6. The van der Waals surface area contributed by atoms with E-state index in [4.69, 9.17) is 0 Å². The molecule has 0 atom stereocenters. The first kappa shape index (κ1) is 11.3. The second-order valence-corrected chi connectivity index (χ2v) is 3.84. The van der Waals surface area contributed by atoms with Gasteiger partial charge in [0.15, 0.2) is 0 Å². The van der Waals surface area contributed by atoms with Gasteiger partial charge >= 0.3 is 0 Å². The topological polar surface area (TPSA) is 112 Å². The molecule has 2 heterocycles. The average molecular weight is 261 g/mol. The molecule has 0 radical (unpaired) electrons. The van der Waals surface area contributed by atoms with Crippen molar-refractivity contribution >= 4 is 22.9 Å². The van der Waals surface area contributed by atoms with Gasteiger partial charge in [-0.2, -0.15) is 20.4 Å². The molecule has 19 heavy (non-hydrogen) atoms. The number of H-pyrrole nitrogens is 2. The van der Waals surface area contributed by atoms with E-state index in [0.717, 1.165) is 6.07 Å². The summed E-state index contributed by atoms with van der Waals surface area (Å²) in [5, 5.41) is 18.6. The summed E-state index contributed by atoms with van der Waals surface area (Å²) in [6, 6.07) is 2.44. The lowest BCUT2D eigenvalue weighted by Crippen LogP contribution is -2.14. The Balaban J connectivity index is 1.94. The van der Waals surface area contributed by atoms with E-state index in [-0.39, 0.29) is 11.5 Å². The van der Waals surface area contributed by atoms with Crippen molar-refractivity contribution in [2.75, 3.05) is 5.32 Å². The molecule has 8 nitrogen and oxygen atoms in total. The fourth-order valence-corrected chi connectivity index (χ4v) is 1.60. The van der Waals surface area contributed by atoms with E-state index in [2.05, 4.69) is 35.9 Å². The molecular weight excluding hydrogens is 253 g/mol. The van der Waals surface area contributed by atoms with Crippen LogP contribution in [0.5, 0.6) is 0 Å². The molecule has 0 saturated carbocycles. The monoisotopic (exact) mass is 261 g/mol. The van der Waals surface area contributed by atoms with Gasteiger partial charge in [0.05, 0.1) is 5.56 Å². The standard InChI is InChI=1S/C10H8FN7O/c1-4-12-10(17-14-4)13-9(19)5-2-7-8(3-6(5)11)16-18-15-7/h2-3H,1H3,(H,15,16,18)(H2,12,13,14,17,19). The molecule has 3 aromatic rings. The highest BCUT2D eigenvalue weighted by Crippen LogP contribution is 2.16. The van der Waals surface area contributed by atoms with E-state index in [1.807, 2.05) is 0 Å². The molecular formula is C10H8FN7O. The molecule has 0 bridgehead atoms. The second kappa shape index (κ2) is 4.12. The molecule has 1 amide bonds. The SMILES string of the molecule is Cc1nc(NC(=O)c2cc3n[nH]nc3cc2F)n[nH]1. The van der Waals surface area contributed by atoms with Gasteiger partial charge in [-0.1, -0.05) is 0 Å². The van der Waals surface area contributed by atoms with Gasteiger partial charge in [0.25, 0.3) is 5.91 Å². The quantitative estimate of drug-likeness (QED) is 0.631. The molecule has 0 spiro atoms. The molecule has 0 aliphatic rings. The third kappa shape index (κ3) is 2.01. The summed E-state index contributed by atoms with van der Waals surface area (Å²) in [5.74, 6) is -0.711. The molecule has 0 fully saturated rings. The van der Waals surface area contributed by atoms with Crippen LogP contribution in [-0.2, 0) is 0 Å². The molecule has 0 saturated heterocycles. The van der Waals surface area contributed by atoms with E-state index < -0.39 is 11.7 Å². The number of fused-ring (bicyclic) bond motifs is 1. The van der Waals surface area contributed by atoms with Crippen LogP contribution in [0.25, 0.3) is 11.0 Å². The number of amides is 1. The van der Waals surface area contributed by atoms with Crippen LogP contribution in [0.4, 0.5) is 10.3 Å². The Bertz CT molecular complexity index is 762. The zero-order valence-corrected chi connectivity index (χ0v) is 9.73. The highest BCUT2D eigenvalue weighted by Gasteiger charge is 2.16. The first-order valence-electron chi connectivity index (χ1n) is 5.34. The fraction of sp³-hybridized carbons (Fsp3) is 0.100. The normalized spacial score (nSPS) is 10.8. The maximum absolute atomic E-state index is 13.8. The number of carbonyl (C=O) groups is 1. The van der Waals surface area contributed by atoms with Gasteiger partial charge in [-0.15, -0.1) is 5.10 Å². The van der Waals surface area contributed by atoms with Crippen LogP contribution in [0, 0.1) is 12.7 Å². The van der Waals surface area contributed by atoms with Crippen molar-refractivity contribution in [3.8, 4) is 0 Å². The number of rotatable bonds is 2. The van der Waals surface area contributed by atoms with Crippen LogP contribution in [0.15, 0.2) is 12.1 Å². The lowest BCUT2D eigenvalue weighted by Gasteiger charge is -2.02. The number of hydrogen-bond acceptors (Lipinski definition) is 5. The first-order valence-corrected chi connectivity index (χ1v) is 5.34. The van der Waals surface area contributed by atoms with Crippen molar-refractivity contribution in [3.63, 3.8) is 0 Å². The molecule has 2 aromatic heterocycles. The predicted octanol–water partition coefficient (Wildman–Crippen LogP) is 0.776. The van der Waals surface area contributed by atoms with Crippen LogP contribution < -0.4 is 5.32 Å². The fourth-order valence-electron chi connectivity index (χ4n) is 1.60. The number of carbonyl (C=O) groups excluding carboxylic acids is 1. The summed E-state index contributed by atoms with van der Waals surface area (Å²) >= 11 is 0. The zero-order valence-electron chi connectivity index (χ0n) is 9.73. The van der Waals surface area contributed by atoms with E-state index in [9.17, 15) is 9.18 Å². The number of aryl methyl sites for hydroxylation is 1. The predicted molar refractivity (Wildman–Crippen MR) is 62.9 cm³/mol. The summed E-state index contributed by atoms with van der Waals surface area (Å²) in [4.78, 5) is 15.8. The zero-order chi connectivity index (χ0) is 13.4. The summed E-state index contributed by atoms with van der Waals surface area (Å²) in [7, 11) is 0. The van der Waals surface area contributed by atoms with Gasteiger partial charge in [0.2, 0.25) is 5.95 Å². The molecule has 3 N–H and O–H groups in total. The van der Waals surface area contributed by atoms with Crippen molar-refractivity contribution in [1.82, 2.24) is 30.6 Å². The molecule has 9 heteroatoms. The lowest BCUT2D eigenvalue weighted by atomic mass is 10.1. The minimum Gasteiger partial charge on any atom is -0.289 e. The molecule has 0 unspecified atom stereocenters. The average Bonchev–Trinajstić information content (AvgIpc) is 2.96. The Morgan fingerprint density at radius 1 is 1.26 bits per heavy atom. The second-order valence-electron chi connectivity index (χ2n) is 3.84. The molecule has 3 rings (SSSR count). The first-order chi connectivity index (χ1) is 9.13. The van der Waals surface area contributed by atoms with Gasteiger partial charge in [0.1, 0.15) is 22.7 Å². The van der Waals surface area contributed by atoms with Gasteiger partial charge in [-0.3, -0.25) is 15.2 Å². The van der Waals surface area contributed by atoms with Crippen molar-refractivity contribution in [3.05, 3.63) is 29.3 Å². The van der Waals surface area contributed by atoms with E-state index >= 15 is 0 Å². The van der Waals surface area contributed by atoms with E-state index in [1.54, 1.807) is 6.92 Å². The van der Waals surface area contributed by atoms with Crippen LogP contribution in [-0.4, -0.2) is 36.5 Å². The van der Waals surface area contributed by atoms with E-state index in [1.165, 1.54) is 6.07 Å².